The Hall–Kier alpha value is -3.59. The van der Waals surface area contributed by atoms with Gasteiger partial charge in [0.05, 0.1) is 0 Å². The molecule has 3 N–H and O–H groups in total. The monoisotopic (exact) mass is 686 g/mol. The van der Waals surface area contributed by atoms with Crippen molar-refractivity contribution in [1.82, 2.24) is 0 Å². The number of hydrogen-bond acceptors (Lipinski definition) is 3. The van der Waals surface area contributed by atoms with E-state index < -0.39 is 12.7 Å². The molecule has 0 bridgehead atoms. The Labute approximate surface area is 299 Å². The van der Waals surface area contributed by atoms with Crippen LogP contribution in [-0.2, 0) is 21.7 Å². The number of hydrogen-bond donors (Lipinski definition) is 3. The van der Waals surface area contributed by atoms with Crippen molar-refractivity contribution in [2.45, 2.75) is 105 Å². The van der Waals surface area contributed by atoms with Gasteiger partial charge in [0.25, 0.3) is 0 Å². The molecule has 4 heteroatoms. The second kappa shape index (κ2) is 11.5. The van der Waals surface area contributed by atoms with Crippen LogP contribution in [0.4, 0.5) is 0 Å². The zero-order valence-electron chi connectivity index (χ0n) is 32.0. The number of benzene rings is 6. The van der Waals surface area contributed by atoms with Crippen LogP contribution in [0, 0.1) is 0 Å². The Morgan fingerprint density at radius 3 is 1.40 bits per heavy atom. The fourth-order valence-corrected chi connectivity index (χ4v) is 9.78. The molecule has 0 spiro atoms. The van der Waals surface area contributed by atoms with E-state index in [0.29, 0.717) is 11.1 Å². The van der Waals surface area contributed by atoms with E-state index in [0.717, 1.165) is 43.4 Å². The van der Waals surface area contributed by atoms with Crippen LogP contribution in [-0.4, -0.2) is 14.7 Å². The van der Waals surface area contributed by atoms with Crippen molar-refractivity contribution in [2.24, 2.45) is 0 Å². The maximum absolute atomic E-state index is 12.9. The van der Waals surface area contributed by atoms with Crippen molar-refractivity contribution in [3.05, 3.63) is 119 Å². The summed E-state index contributed by atoms with van der Waals surface area (Å²) in [7, 11) is -5.83. The first-order valence-electron chi connectivity index (χ1n) is 17.8. The number of fused-ring (bicyclic) bond motifs is 3. The molecule has 0 heterocycles. The molecule has 0 fully saturated rings. The van der Waals surface area contributed by atoms with Crippen molar-refractivity contribution in [2.75, 3.05) is 0 Å². The molecule has 262 valence electrons. The van der Waals surface area contributed by atoms with E-state index in [4.69, 9.17) is 0 Å². The second-order valence-corrected chi connectivity index (χ2v) is 21.5. The van der Waals surface area contributed by atoms with Crippen LogP contribution in [0.1, 0.15) is 105 Å². The summed E-state index contributed by atoms with van der Waals surface area (Å²) in [4.78, 5) is 38.7. The quantitative estimate of drug-likeness (QED) is 0.162. The first-order valence-corrected chi connectivity index (χ1v) is 19.9. The van der Waals surface area contributed by atoms with E-state index in [1.54, 1.807) is 6.07 Å². The van der Waals surface area contributed by atoms with Crippen LogP contribution in [0.25, 0.3) is 43.4 Å². The summed E-state index contributed by atoms with van der Waals surface area (Å²) >= 11 is 0. The standard InChI is InChI=1S/C46H55O3P/c1-43(2,3)34-20-17-30-25-37(38(45(7,8)9)26-32(30)23-34)42-36-16-14-13-15-29(36)19-22-40(42)50(47,48,49)41-28-31-18-21-35(44(4,5)6)24-33(31)27-39(41)46(10,11)12/h13-28,47-49H,1-12H3. The molecule has 0 saturated heterocycles. The molecule has 0 radical (unpaired) electrons. The minimum absolute atomic E-state index is 0.00158. The van der Waals surface area contributed by atoms with E-state index in [1.807, 2.05) is 48.5 Å². The van der Waals surface area contributed by atoms with Gasteiger partial charge in [-0.3, -0.25) is 0 Å². The Kier molecular flexibility index (Phi) is 8.30. The Morgan fingerprint density at radius 2 is 0.880 bits per heavy atom. The van der Waals surface area contributed by atoms with Gasteiger partial charge in [0.1, 0.15) is 0 Å². The van der Waals surface area contributed by atoms with Crippen molar-refractivity contribution >= 4 is 50.2 Å². The fraction of sp³-hybridized carbons (Fsp3) is 0.348. The summed E-state index contributed by atoms with van der Waals surface area (Å²) in [6.07, 6.45) is 0. The molecule has 0 saturated carbocycles. The third kappa shape index (κ3) is 6.39. The van der Waals surface area contributed by atoms with Crippen LogP contribution in [0.15, 0.2) is 97.1 Å². The molecule has 0 aromatic heterocycles. The van der Waals surface area contributed by atoms with Gasteiger partial charge in [0.2, 0.25) is 0 Å². The first kappa shape index (κ1) is 36.2. The van der Waals surface area contributed by atoms with Crippen LogP contribution in [0.2, 0.25) is 0 Å². The molecule has 3 nitrogen and oxygen atoms in total. The molecule has 6 aromatic rings. The van der Waals surface area contributed by atoms with Crippen LogP contribution >= 0.6 is 7.28 Å². The van der Waals surface area contributed by atoms with Crippen molar-refractivity contribution in [3.8, 4) is 11.1 Å². The molecule has 0 unspecified atom stereocenters. The number of rotatable bonds is 3. The van der Waals surface area contributed by atoms with E-state index in [9.17, 15) is 14.7 Å². The minimum atomic E-state index is -5.83. The SMILES string of the molecule is CC(C)(C)c1ccc2cc(-c3c(P(O)(O)(O)c4cc5ccc(C(C)(C)C)cc5cc4C(C)(C)C)ccc4ccccc34)c(C(C)(C)C)cc2c1. The van der Waals surface area contributed by atoms with Gasteiger partial charge in [-0.05, 0) is 0 Å². The van der Waals surface area contributed by atoms with E-state index in [2.05, 4.69) is 126 Å². The van der Waals surface area contributed by atoms with Gasteiger partial charge < -0.3 is 0 Å². The fourth-order valence-electron chi connectivity index (χ4n) is 7.30. The van der Waals surface area contributed by atoms with Gasteiger partial charge in [-0.1, -0.05) is 0 Å². The topological polar surface area (TPSA) is 60.7 Å². The molecule has 0 aliphatic rings. The molecule has 50 heavy (non-hydrogen) atoms. The maximum atomic E-state index is 12.9. The third-order valence-corrected chi connectivity index (χ3v) is 12.9. The average Bonchev–Trinajstić information content (AvgIpc) is 3.00. The zero-order valence-corrected chi connectivity index (χ0v) is 32.9. The summed E-state index contributed by atoms with van der Waals surface area (Å²) < 4.78 is 0. The summed E-state index contributed by atoms with van der Waals surface area (Å²) in [5, 5.41) is 6.23. The van der Waals surface area contributed by atoms with Gasteiger partial charge >= 0.3 is 300 Å². The molecule has 0 atom stereocenters. The normalized spacial score (nSPS) is 14.3. The van der Waals surface area contributed by atoms with Crippen LogP contribution < -0.4 is 10.6 Å². The van der Waals surface area contributed by atoms with Crippen LogP contribution in [0.3, 0.4) is 0 Å². The molecule has 6 rings (SSSR count). The molecule has 6 aromatic carbocycles. The summed E-state index contributed by atoms with van der Waals surface area (Å²) in [6, 6.07) is 32.9. The van der Waals surface area contributed by atoms with Crippen molar-refractivity contribution in [1.29, 1.82) is 0 Å². The van der Waals surface area contributed by atoms with Gasteiger partial charge in [-0.2, -0.15) is 0 Å². The van der Waals surface area contributed by atoms with Gasteiger partial charge in [-0.15, -0.1) is 0 Å². The summed E-state index contributed by atoms with van der Waals surface area (Å²) in [5.41, 5.74) is 4.95. The predicted molar refractivity (Wildman–Crippen MR) is 218 cm³/mol. The second-order valence-electron chi connectivity index (χ2n) is 18.6. The van der Waals surface area contributed by atoms with Gasteiger partial charge in [0, 0.05) is 0 Å². The van der Waals surface area contributed by atoms with Gasteiger partial charge in [0.15, 0.2) is 0 Å². The average molecular weight is 687 g/mol. The molecular weight excluding hydrogens is 631 g/mol. The first-order chi connectivity index (χ1) is 22.8. The Bertz CT molecular complexity index is 2290. The molecule has 0 aliphatic heterocycles. The molecular formula is C46H55O3P. The third-order valence-electron chi connectivity index (χ3n) is 10.3. The summed E-state index contributed by atoms with van der Waals surface area (Å²) in [5.74, 6) is 0. The van der Waals surface area contributed by atoms with Crippen LogP contribution in [0.5, 0.6) is 0 Å². The molecule has 0 aliphatic carbocycles. The Morgan fingerprint density at radius 1 is 0.400 bits per heavy atom. The van der Waals surface area contributed by atoms with Crippen molar-refractivity contribution in [3.63, 3.8) is 0 Å². The van der Waals surface area contributed by atoms with E-state index in [1.165, 1.54) is 11.1 Å². The van der Waals surface area contributed by atoms with Gasteiger partial charge in [-0.25, -0.2) is 0 Å². The molecule has 0 amide bonds. The Balaban J connectivity index is 1.74. The van der Waals surface area contributed by atoms with E-state index in [-0.39, 0.29) is 26.9 Å². The van der Waals surface area contributed by atoms with Crippen molar-refractivity contribution < 1.29 is 14.7 Å². The summed E-state index contributed by atoms with van der Waals surface area (Å²) in [6.45, 7) is 26.0. The zero-order chi connectivity index (χ0) is 36.8. The van der Waals surface area contributed by atoms with E-state index >= 15 is 0 Å². The predicted octanol–water partition coefficient (Wildman–Crippen LogP) is 11.2.